The van der Waals surface area contributed by atoms with E-state index in [9.17, 15) is 0 Å². The molecule has 15 heavy (non-hydrogen) atoms. The average Bonchev–Trinajstić information content (AvgIpc) is 2.01. The maximum atomic E-state index is 6.18. The summed E-state index contributed by atoms with van der Waals surface area (Å²) < 4.78 is 6.18. The second-order valence-electron chi connectivity index (χ2n) is 5.77. The standard InChI is InChI=1S/C12H27NOSi/c1-8-9-11(13)10(2)14-15(6,7)12(3,4)5/h8,10-11H,1,9,13H2,2-7H3/t10-,11-/m0/s1. The predicted molar refractivity (Wildman–Crippen MR) is 70.5 cm³/mol. The van der Waals surface area contributed by atoms with Crippen LogP contribution in [-0.4, -0.2) is 20.5 Å². The molecule has 0 saturated heterocycles. The lowest BCUT2D eigenvalue weighted by molar-refractivity contribution is 0.170. The van der Waals surface area contributed by atoms with Crippen LogP contribution in [-0.2, 0) is 4.43 Å². The summed E-state index contributed by atoms with van der Waals surface area (Å²) in [4.78, 5) is 0. The summed E-state index contributed by atoms with van der Waals surface area (Å²) in [5, 5.41) is 0.245. The molecule has 0 aromatic rings. The summed E-state index contributed by atoms with van der Waals surface area (Å²) in [6.07, 6.45) is 2.79. The number of nitrogens with two attached hydrogens (primary N) is 1. The van der Waals surface area contributed by atoms with Crippen molar-refractivity contribution in [3.63, 3.8) is 0 Å². The number of rotatable bonds is 5. The lowest BCUT2D eigenvalue weighted by atomic mass is 10.1. The zero-order valence-corrected chi connectivity index (χ0v) is 12.1. The van der Waals surface area contributed by atoms with E-state index >= 15 is 0 Å². The second kappa shape index (κ2) is 5.28. The quantitative estimate of drug-likeness (QED) is 0.580. The van der Waals surface area contributed by atoms with Gasteiger partial charge >= 0.3 is 0 Å². The highest BCUT2D eigenvalue weighted by molar-refractivity contribution is 6.74. The number of hydrogen-bond acceptors (Lipinski definition) is 2. The van der Waals surface area contributed by atoms with Crippen LogP contribution in [0.3, 0.4) is 0 Å². The SMILES string of the molecule is C=CC[C@H](N)[C@H](C)O[Si](C)(C)C(C)(C)C. The van der Waals surface area contributed by atoms with Crippen LogP contribution in [0.4, 0.5) is 0 Å². The van der Waals surface area contributed by atoms with Crippen LogP contribution in [0.5, 0.6) is 0 Å². The summed E-state index contributed by atoms with van der Waals surface area (Å²) >= 11 is 0. The third-order valence-electron chi connectivity index (χ3n) is 3.33. The van der Waals surface area contributed by atoms with Gasteiger partial charge in [0.25, 0.3) is 0 Å². The van der Waals surface area contributed by atoms with Crippen LogP contribution in [0.1, 0.15) is 34.1 Å². The Morgan fingerprint density at radius 2 is 1.87 bits per heavy atom. The summed E-state index contributed by atoms with van der Waals surface area (Å²) in [6.45, 7) is 17.0. The molecule has 0 fully saturated rings. The first-order valence-electron chi connectivity index (χ1n) is 5.66. The fourth-order valence-corrected chi connectivity index (χ4v) is 2.57. The van der Waals surface area contributed by atoms with Gasteiger partial charge in [-0.1, -0.05) is 26.8 Å². The fourth-order valence-electron chi connectivity index (χ4n) is 1.11. The van der Waals surface area contributed by atoms with E-state index in [1.165, 1.54) is 0 Å². The van der Waals surface area contributed by atoms with Gasteiger partial charge in [-0.3, -0.25) is 0 Å². The molecule has 3 heteroatoms. The minimum absolute atomic E-state index is 0.0663. The van der Waals surface area contributed by atoms with Crippen molar-refractivity contribution >= 4 is 8.32 Å². The van der Waals surface area contributed by atoms with Gasteiger partial charge in [-0.05, 0) is 31.5 Å². The van der Waals surface area contributed by atoms with Crippen LogP contribution in [0, 0.1) is 0 Å². The molecule has 0 aliphatic carbocycles. The molecular formula is C12H27NOSi. The van der Waals surface area contributed by atoms with Crippen molar-refractivity contribution in [2.24, 2.45) is 5.73 Å². The molecule has 0 aromatic carbocycles. The Morgan fingerprint density at radius 3 is 2.20 bits per heavy atom. The summed E-state index contributed by atoms with van der Waals surface area (Å²) in [6, 6.07) is 0.0663. The molecule has 0 saturated carbocycles. The first-order valence-corrected chi connectivity index (χ1v) is 8.57. The molecule has 0 amide bonds. The molecule has 0 aliphatic heterocycles. The van der Waals surface area contributed by atoms with Gasteiger partial charge < -0.3 is 10.2 Å². The molecule has 2 atom stereocenters. The van der Waals surface area contributed by atoms with Crippen molar-refractivity contribution in [2.45, 2.75) is 64.4 Å². The van der Waals surface area contributed by atoms with Crippen molar-refractivity contribution < 1.29 is 4.43 Å². The fraction of sp³-hybridized carbons (Fsp3) is 0.833. The van der Waals surface area contributed by atoms with Gasteiger partial charge in [0.1, 0.15) is 0 Å². The van der Waals surface area contributed by atoms with E-state index in [2.05, 4.69) is 47.4 Å². The highest BCUT2D eigenvalue weighted by Gasteiger charge is 2.39. The van der Waals surface area contributed by atoms with E-state index in [-0.39, 0.29) is 17.2 Å². The van der Waals surface area contributed by atoms with Gasteiger partial charge in [0, 0.05) is 6.04 Å². The van der Waals surface area contributed by atoms with Gasteiger partial charge in [0.15, 0.2) is 8.32 Å². The van der Waals surface area contributed by atoms with Crippen molar-refractivity contribution in [3.05, 3.63) is 12.7 Å². The lowest BCUT2D eigenvalue weighted by Crippen LogP contribution is -2.48. The zero-order valence-electron chi connectivity index (χ0n) is 11.1. The summed E-state index contributed by atoms with van der Waals surface area (Å²) in [5.41, 5.74) is 6.00. The monoisotopic (exact) mass is 229 g/mol. The molecule has 0 heterocycles. The summed E-state index contributed by atoms with van der Waals surface area (Å²) in [5.74, 6) is 0. The Labute approximate surface area is 96.0 Å². The molecule has 0 aliphatic rings. The van der Waals surface area contributed by atoms with Gasteiger partial charge in [-0.25, -0.2) is 0 Å². The van der Waals surface area contributed by atoms with Crippen molar-refractivity contribution in [1.82, 2.24) is 0 Å². The van der Waals surface area contributed by atoms with Crippen molar-refractivity contribution in [1.29, 1.82) is 0 Å². The Morgan fingerprint density at radius 1 is 1.40 bits per heavy atom. The van der Waals surface area contributed by atoms with Gasteiger partial charge in [-0.15, -0.1) is 6.58 Å². The molecule has 0 rings (SSSR count). The number of hydrogen-bond donors (Lipinski definition) is 1. The molecule has 90 valence electrons. The molecule has 0 unspecified atom stereocenters. The molecule has 0 radical (unpaired) electrons. The van der Waals surface area contributed by atoms with Crippen molar-refractivity contribution in [3.8, 4) is 0 Å². The maximum Gasteiger partial charge on any atom is 0.192 e. The average molecular weight is 229 g/mol. The summed E-state index contributed by atoms with van der Waals surface area (Å²) in [7, 11) is -1.67. The third kappa shape index (κ3) is 4.49. The first kappa shape index (κ1) is 14.9. The second-order valence-corrected chi connectivity index (χ2v) is 10.5. The maximum absolute atomic E-state index is 6.18. The van der Waals surface area contributed by atoms with Crippen LogP contribution >= 0.6 is 0 Å². The van der Waals surface area contributed by atoms with E-state index in [0.717, 1.165) is 6.42 Å². The Balaban J connectivity index is 4.39. The molecular weight excluding hydrogens is 202 g/mol. The Hall–Kier alpha value is -0.123. The zero-order chi connectivity index (χ0) is 12.3. The van der Waals surface area contributed by atoms with Gasteiger partial charge in [0.2, 0.25) is 0 Å². The molecule has 0 spiro atoms. The smallest absolute Gasteiger partial charge is 0.192 e. The third-order valence-corrected chi connectivity index (χ3v) is 7.90. The molecule has 2 nitrogen and oxygen atoms in total. The lowest BCUT2D eigenvalue weighted by Gasteiger charge is -2.39. The van der Waals surface area contributed by atoms with Crippen LogP contribution in [0.2, 0.25) is 18.1 Å². The van der Waals surface area contributed by atoms with E-state index in [1.807, 2.05) is 6.08 Å². The normalized spacial score (nSPS) is 17.3. The Kier molecular flexibility index (Phi) is 5.24. The first-order chi connectivity index (χ1) is 6.62. The largest absolute Gasteiger partial charge is 0.413 e. The van der Waals surface area contributed by atoms with Crippen LogP contribution in [0.25, 0.3) is 0 Å². The molecule has 0 bridgehead atoms. The minimum Gasteiger partial charge on any atom is -0.413 e. The Bertz CT molecular complexity index is 208. The van der Waals surface area contributed by atoms with Gasteiger partial charge in [0.05, 0.1) is 6.10 Å². The van der Waals surface area contributed by atoms with E-state index in [1.54, 1.807) is 0 Å². The highest BCUT2D eigenvalue weighted by atomic mass is 28.4. The van der Waals surface area contributed by atoms with Crippen LogP contribution in [0.15, 0.2) is 12.7 Å². The minimum atomic E-state index is -1.67. The van der Waals surface area contributed by atoms with Crippen molar-refractivity contribution in [2.75, 3.05) is 0 Å². The van der Waals surface area contributed by atoms with E-state index in [0.29, 0.717) is 0 Å². The van der Waals surface area contributed by atoms with E-state index in [4.69, 9.17) is 10.2 Å². The predicted octanol–water partition coefficient (Wildman–Crippen LogP) is 3.30. The van der Waals surface area contributed by atoms with Crippen LogP contribution < -0.4 is 5.73 Å². The molecule has 2 N–H and O–H groups in total. The topological polar surface area (TPSA) is 35.2 Å². The highest BCUT2D eigenvalue weighted by Crippen LogP contribution is 2.37. The molecule has 0 aromatic heterocycles. The van der Waals surface area contributed by atoms with E-state index < -0.39 is 8.32 Å². The van der Waals surface area contributed by atoms with Gasteiger partial charge in [-0.2, -0.15) is 0 Å².